The second kappa shape index (κ2) is 8.03. The van der Waals surface area contributed by atoms with Crippen LogP contribution in [0, 0.1) is 6.92 Å². The van der Waals surface area contributed by atoms with Crippen LogP contribution in [-0.2, 0) is 6.54 Å². The van der Waals surface area contributed by atoms with Crippen LogP contribution >= 0.6 is 34.5 Å². The number of hydrogen-bond donors (Lipinski definition) is 2. The lowest BCUT2D eigenvalue weighted by atomic mass is 9.93. The predicted octanol–water partition coefficient (Wildman–Crippen LogP) is 4.79. The summed E-state index contributed by atoms with van der Waals surface area (Å²) in [5.74, 6) is -0.0654. The summed E-state index contributed by atoms with van der Waals surface area (Å²) in [4.78, 5) is 14.3. The van der Waals surface area contributed by atoms with E-state index < -0.39 is 0 Å². The number of hydrogen-bond acceptors (Lipinski definition) is 4. The Kier molecular flexibility index (Phi) is 5.65. The number of fused-ring (bicyclic) bond motifs is 1. The Hall–Kier alpha value is -1.60. The van der Waals surface area contributed by atoms with Gasteiger partial charge in [-0.25, -0.2) is 4.68 Å². The lowest BCUT2D eigenvalue weighted by molar-refractivity contribution is 0.0871. The van der Waals surface area contributed by atoms with Crippen molar-refractivity contribution in [3.8, 4) is 0 Å². The number of halogens is 2. The maximum atomic E-state index is 12.7. The van der Waals surface area contributed by atoms with Crippen molar-refractivity contribution in [3.05, 3.63) is 50.4 Å². The van der Waals surface area contributed by atoms with E-state index in [4.69, 9.17) is 23.2 Å². The predicted molar refractivity (Wildman–Crippen MR) is 114 cm³/mol. The Morgan fingerprint density at radius 1 is 1.29 bits per heavy atom. The number of aromatic nitrogens is 2. The number of aliphatic hydroxyl groups is 1. The average molecular weight is 438 g/mol. The fourth-order valence-electron chi connectivity index (χ4n) is 3.64. The van der Waals surface area contributed by atoms with Crippen molar-refractivity contribution in [1.29, 1.82) is 0 Å². The smallest absolute Gasteiger partial charge is 0.261 e. The van der Waals surface area contributed by atoms with Crippen molar-refractivity contribution in [3.63, 3.8) is 0 Å². The van der Waals surface area contributed by atoms with Gasteiger partial charge in [0.1, 0.15) is 4.83 Å². The molecule has 0 saturated heterocycles. The van der Waals surface area contributed by atoms with Gasteiger partial charge in [0.2, 0.25) is 0 Å². The first-order valence-electron chi connectivity index (χ1n) is 9.31. The molecule has 1 saturated carbocycles. The van der Waals surface area contributed by atoms with Crippen LogP contribution in [-0.4, -0.2) is 32.9 Å². The lowest BCUT2D eigenvalue weighted by Crippen LogP contribution is -2.38. The highest BCUT2D eigenvalue weighted by Gasteiger charge is 2.23. The van der Waals surface area contributed by atoms with E-state index in [1.807, 2.05) is 35.9 Å². The van der Waals surface area contributed by atoms with Gasteiger partial charge < -0.3 is 10.4 Å². The molecule has 0 unspecified atom stereocenters. The van der Waals surface area contributed by atoms with Crippen LogP contribution in [0.3, 0.4) is 0 Å². The van der Waals surface area contributed by atoms with Crippen LogP contribution in [0.25, 0.3) is 10.2 Å². The molecule has 28 heavy (non-hydrogen) atoms. The Morgan fingerprint density at radius 2 is 1.96 bits per heavy atom. The van der Waals surface area contributed by atoms with Crippen molar-refractivity contribution in [2.75, 3.05) is 0 Å². The molecule has 0 atom stereocenters. The second-order valence-corrected chi connectivity index (χ2v) is 9.10. The molecule has 0 radical (unpaired) electrons. The summed E-state index contributed by atoms with van der Waals surface area (Å²) < 4.78 is 1.86. The van der Waals surface area contributed by atoms with Gasteiger partial charge in [0.25, 0.3) is 5.91 Å². The van der Waals surface area contributed by atoms with Gasteiger partial charge in [-0.3, -0.25) is 4.79 Å². The highest BCUT2D eigenvalue weighted by atomic mass is 35.5. The fourth-order valence-corrected chi connectivity index (χ4v) is 5.22. The minimum absolute atomic E-state index is 0.0654. The van der Waals surface area contributed by atoms with Crippen molar-refractivity contribution < 1.29 is 9.90 Å². The molecular weight excluding hydrogens is 417 g/mol. The molecule has 1 aromatic carbocycles. The van der Waals surface area contributed by atoms with Gasteiger partial charge in [-0.05, 0) is 50.8 Å². The number of amides is 1. The van der Waals surface area contributed by atoms with Crippen LogP contribution in [0.2, 0.25) is 10.0 Å². The van der Waals surface area contributed by atoms with E-state index in [-0.39, 0.29) is 18.1 Å². The summed E-state index contributed by atoms with van der Waals surface area (Å²) in [7, 11) is 0. The van der Waals surface area contributed by atoms with Gasteiger partial charge in [-0.1, -0.05) is 29.3 Å². The second-order valence-electron chi connectivity index (χ2n) is 7.25. The maximum Gasteiger partial charge on any atom is 0.261 e. The van der Waals surface area contributed by atoms with Crippen LogP contribution in [0.15, 0.2) is 24.3 Å². The van der Waals surface area contributed by atoms with Crippen LogP contribution in [0.4, 0.5) is 0 Å². The molecule has 2 heterocycles. The van der Waals surface area contributed by atoms with Crippen LogP contribution in [0.1, 0.15) is 46.6 Å². The first-order chi connectivity index (χ1) is 13.4. The highest BCUT2D eigenvalue weighted by Crippen LogP contribution is 2.31. The van der Waals surface area contributed by atoms with Crippen molar-refractivity contribution in [1.82, 2.24) is 15.1 Å². The number of thiophene rings is 1. The third-order valence-corrected chi connectivity index (χ3v) is 7.09. The topological polar surface area (TPSA) is 67.2 Å². The van der Waals surface area contributed by atoms with Gasteiger partial charge in [-0.15, -0.1) is 11.3 Å². The van der Waals surface area contributed by atoms with E-state index in [9.17, 15) is 9.90 Å². The largest absolute Gasteiger partial charge is 0.393 e. The Balaban J connectivity index is 1.57. The molecule has 1 aliphatic carbocycles. The summed E-state index contributed by atoms with van der Waals surface area (Å²) in [5, 5.41) is 19.5. The first kappa shape index (κ1) is 19.7. The normalized spacial score (nSPS) is 19.9. The number of aryl methyl sites for hydroxylation is 1. The number of carbonyl (C=O) groups is 1. The van der Waals surface area contributed by atoms with E-state index >= 15 is 0 Å². The van der Waals surface area contributed by atoms with Crippen LogP contribution < -0.4 is 5.32 Å². The molecule has 0 bridgehead atoms. The standard InChI is InChI=1S/C20H21Cl2N3O2S/c1-11-14-9-18(19(27)23-12-5-7-13(26)8-6-12)28-20(14)25(24-11)10-15-16(21)3-2-4-17(15)22/h2-4,9,12-13,26H,5-8,10H2,1H3,(H,23,27). The molecule has 3 aromatic rings. The summed E-state index contributed by atoms with van der Waals surface area (Å²) in [6.07, 6.45) is 2.88. The molecule has 8 heteroatoms. The molecule has 4 rings (SSSR count). The molecule has 2 aromatic heterocycles. The summed E-state index contributed by atoms with van der Waals surface area (Å²) in [6.45, 7) is 2.38. The molecule has 2 N–H and O–H groups in total. The molecule has 148 valence electrons. The van der Waals surface area contributed by atoms with Gasteiger partial charge in [0.05, 0.1) is 23.2 Å². The van der Waals surface area contributed by atoms with Gasteiger partial charge in [-0.2, -0.15) is 5.10 Å². The first-order valence-corrected chi connectivity index (χ1v) is 10.9. The van der Waals surface area contributed by atoms with Crippen LogP contribution in [0.5, 0.6) is 0 Å². The number of rotatable bonds is 4. The molecule has 5 nitrogen and oxygen atoms in total. The maximum absolute atomic E-state index is 12.7. The SMILES string of the molecule is Cc1nn(Cc2c(Cl)cccc2Cl)c2sc(C(=O)NC3CCC(O)CC3)cc12. The van der Waals surface area contributed by atoms with Gasteiger partial charge in [0, 0.05) is 27.0 Å². The Labute approximate surface area is 177 Å². The van der Waals surface area contributed by atoms with E-state index in [0.717, 1.165) is 47.2 Å². The molecular formula is C20H21Cl2N3O2S. The van der Waals surface area contributed by atoms with Crippen molar-refractivity contribution >= 4 is 50.7 Å². The number of nitrogens with one attached hydrogen (secondary N) is 1. The zero-order chi connectivity index (χ0) is 19.8. The van der Waals surface area contributed by atoms with Gasteiger partial charge in [0.15, 0.2) is 0 Å². The third-order valence-electron chi connectivity index (χ3n) is 5.23. The minimum atomic E-state index is -0.234. The van der Waals surface area contributed by atoms with E-state index in [1.165, 1.54) is 11.3 Å². The quantitative estimate of drug-likeness (QED) is 0.615. The molecule has 1 aliphatic rings. The van der Waals surface area contributed by atoms with Crippen molar-refractivity contribution in [2.24, 2.45) is 0 Å². The Bertz CT molecular complexity index is 1000. The fraction of sp³-hybridized carbons (Fsp3) is 0.400. The summed E-state index contributed by atoms with van der Waals surface area (Å²) in [5.41, 5.74) is 1.68. The molecule has 1 fully saturated rings. The summed E-state index contributed by atoms with van der Waals surface area (Å²) >= 11 is 14.0. The van der Waals surface area contributed by atoms with E-state index in [1.54, 1.807) is 0 Å². The highest BCUT2D eigenvalue weighted by molar-refractivity contribution is 7.20. The lowest BCUT2D eigenvalue weighted by Gasteiger charge is -2.25. The van der Waals surface area contributed by atoms with E-state index in [0.29, 0.717) is 21.5 Å². The number of carbonyl (C=O) groups excluding carboxylic acids is 1. The molecule has 0 aliphatic heterocycles. The average Bonchev–Trinajstić information content (AvgIpc) is 3.22. The zero-order valence-electron chi connectivity index (χ0n) is 15.4. The van der Waals surface area contributed by atoms with Crippen molar-refractivity contribution in [2.45, 2.75) is 51.3 Å². The number of nitrogens with zero attached hydrogens (tertiary/aromatic N) is 2. The molecule has 0 spiro atoms. The third kappa shape index (κ3) is 3.92. The zero-order valence-corrected chi connectivity index (χ0v) is 17.7. The molecule has 1 amide bonds. The summed E-state index contributed by atoms with van der Waals surface area (Å²) in [6, 6.07) is 7.46. The number of aliphatic hydroxyl groups excluding tert-OH is 1. The van der Waals surface area contributed by atoms with Gasteiger partial charge >= 0.3 is 0 Å². The number of benzene rings is 1. The minimum Gasteiger partial charge on any atom is -0.393 e. The Morgan fingerprint density at radius 3 is 2.64 bits per heavy atom. The monoisotopic (exact) mass is 437 g/mol. The van der Waals surface area contributed by atoms with E-state index in [2.05, 4.69) is 10.4 Å².